The van der Waals surface area contributed by atoms with Crippen LogP contribution in [0.5, 0.6) is 0 Å². The van der Waals surface area contributed by atoms with Gasteiger partial charge in [0, 0.05) is 19.3 Å². The molecule has 0 spiro atoms. The van der Waals surface area contributed by atoms with Crippen LogP contribution in [0, 0.1) is 11.8 Å². The summed E-state index contributed by atoms with van der Waals surface area (Å²) in [7, 11) is 0. The number of pyridine rings is 1. The second-order valence-electron chi connectivity index (χ2n) is 6.76. The predicted octanol–water partition coefficient (Wildman–Crippen LogP) is 1.24. The SMILES string of the molecule is O=C(CSc1ccccn1)N1C[C@H]2C[C@@H](n3cncn3)[C@H](O)C[C@H]2C1. The number of amides is 1. The molecule has 0 radical (unpaired) electrons. The van der Waals surface area contributed by atoms with Crippen molar-refractivity contribution in [3.05, 3.63) is 37.1 Å². The minimum Gasteiger partial charge on any atom is -0.391 e. The van der Waals surface area contributed by atoms with Gasteiger partial charge in [-0.2, -0.15) is 5.10 Å². The number of hydrogen-bond acceptors (Lipinski definition) is 6. The van der Waals surface area contributed by atoms with Crippen molar-refractivity contribution < 1.29 is 9.90 Å². The Morgan fingerprint density at radius 3 is 2.84 bits per heavy atom. The van der Waals surface area contributed by atoms with E-state index >= 15 is 0 Å². The fraction of sp³-hybridized carbons (Fsp3) is 0.529. The molecule has 4 rings (SSSR count). The lowest BCUT2D eigenvalue weighted by molar-refractivity contribution is -0.127. The molecule has 0 aromatic carbocycles. The maximum atomic E-state index is 12.5. The summed E-state index contributed by atoms with van der Waals surface area (Å²) < 4.78 is 1.75. The van der Waals surface area contributed by atoms with E-state index in [9.17, 15) is 9.90 Å². The quantitative estimate of drug-likeness (QED) is 0.827. The van der Waals surface area contributed by atoms with E-state index in [2.05, 4.69) is 15.1 Å². The van der Waals surface area contributed by atoms with Crippen molar-refractivity contribution in [2.24, 2.45) is 11.8 Å². The second kappa shape index (κ2) is 7.13. The third-order valence-corrected chi connectivity index (χ3v) is 6.15. The molecule has 1 amide bonds. The van der Waals surface area contributed by atoms with Crippen molar-refractivity contribution in [1.82, 2.24) is 24.6 Å². The highest BCUT2D eigenvalue weighted by Gasteiger charge is 2.43. The summed E-state index contributed by atoms with van der Waals surface area (Å²) in [5.74, 6) is 1.35. The number of carbonyl (C=O) groups excluding carboxylic acids is 1. The van der Waals surface area contributed by atoms with Crippen molar-refractivity contribution >= 4 is 17.7 Å². The number of aliphatic hydroxyl groups is 1. The van der Waals surface area contributed by atoms with Crippen LogP contribution in [0.3, 0.4) is 0 Å². The summed E-state index contributed by atoms with van der Waals surface area (Å²) in [6.45, 7) is 1.51. The Morgan fingerprint density at radius 2 is 2.12 bits per heavy atom. The van der Waals surface area contributed by atoms with Gasteiger partial charge < -0.3 is 10.0 Å². The zero-order valence-electron chi connectivity index (χ0n) is 13.8. The standard InChI is InChI=1S/C17H21N5O2S/c23-15-6-13-8-21(17(24)9-25-16-3-1-2-4-19-16)7-12(13)5-14(15)22-11-18-10-20-22/h1-4,10-15,23H,5-9H2/t12-,13+,14-,15-/m1/s1. The van der Waals surface area contributed by atoms with Crippen LogP contribution in [-0.2, 0) is 4.79 Å². The molecule has 0 bridgehead atoms. The molecule has 7 nitrogen and oxygen atoms in total. The smallest absolute Gasteiger partial charge is 0.233 e. The molecule has 3 heterocycles. The zero-order valence-corrected chi connectivity index (χ0v) is 14.6. The summed E-state index contributed by atoms with van der Waals surface area (Å²) in [4.78, 5) is 22.7. The van der Waals surface area contributed by atoms with Gasteiger partial charge in [-0.1, -0.05) is 17.8 Å². The average Bonchev–Trinajstić information content (AvgIpc) is 3.29. The Labute approximate surface area is 150 Å². The van der Waals surface area contributed by atoms with Crippen molar-refractivity contribution in [3.8, 4) is 0 Å². The van der Waals surface area contributed by atoms with Crippen LogP contribution in [0.15, 0.2) is 42.1 Å². The van der Waals surface area contributed by atoms with Gasteiger partial charge in [0.25, 0.3) is 0 Å². The topological polar surface area (TPSA) is 84.1 Å². The minimum atomic E-state index is -0.430. The largest absolute Gasteiger partial charge is 0.391 e. The summed E-state index contributed by atoms with van der Waals surface area (Å²) in [5, 5.41) is 15.5. The van der Waals surface area contributed by atoms with Gasteiger partial charge >= 0.3 is 0 Å². The summed E-state index contributed by atoms with van der Waals surface area (Å²) in [6.07, 6.45) is 6.02. The first-order valence-corrected chi connectivity index (χ1v) is 9.53. The van der Waals surface area contributed by atoms with Gasteiger partial charge in [0.2, 0.25) is 5.91 Å². The van der Waals surface area contributed by atoms with E-state index in [0.717, 1.165) is 24.5 Å². The Balaban J connectivity index is 1.35. The van der Waals surface area contributed by atoms with Crippen LogP contribution in [0.1, 0.15) is 18.9 Å². The molecule has 1 saturated heterocycles. The summed E-state index contributed by atoms with van der Waals surface area (Å²) in [5.41, 5.74) is 0. The highest BCUT2D eigenvalue weighted by atomic mass is 32.2. The fourth-order valence-electron chi connectivity index (χ4n) is 3.94. The molecule has 8 heteroatoms. The van der Waals surface area contributed by atoms with Crippen LogP contribution in [0.25, 0.3) is 0 Å². The van der Waals surface area contributed by atoms with Crippen molar-refractivity contribution in [2.75, 3.05) is 18.8 Å². The van der Waals surface area contributed by atoms with Gasteiger partial charge in [-0.25, -0.2) is 14.6 Å². The average molecular weight is 359 g/mol. The molecule has 1 aliphatic heterocycles. The molecule has 1 aliphatic carbocycles. The molecule has 2 aromatic rings. The van der Waals surface area contributed by atoms with E-state index in [4.69, 9.17) is 0 Å². The summed E-state index contributed by atoms with van der Waals surface area (Å²) >= 11 is 1.47. The molecule has 0 unspecified atom stereocenters. The Hall–Kier alpha value is -1.93. The van der Waals surface area contributed by atoms with Gasteiger partial charge in [-0.3, -0.25) is 4.79 Å². The van der Waals surface area contributed by atoms with Crippen LogP contribution in [-0.4, -0.2) is 60.6 Å². The highest BCUT2D eigenvalue weighted by molar-refractivity contribution is 7.99. The number of fused-ring (bicyclic) bond motifs is 1. The molecule has 132 valence electrons. The maximum absolute atomic E-state index is 12.5. The number of rotatable bonds is 4. The maximum Gasteiger partial charge on any atom is 0.233 e. The van der Waals surface area contributed by atoms with Crippen molar-refractivity contribution in [1.29, 1.82) is 0 Å². The molecule has 2 fully saturated rings. The van der Waals surface area contributed by atoms with Crippen LogP contribution in [0.2, 0.25) is 0 Å². The van der Waals surface area contributed by atoms with E-state index in [1.165, 1.54) is 18.1 Å². The van der Waals surface area contributed by atoms with E-state index in [1.54, 1.807) is 17.2 Å². The highest BCUT2D eigenvalue weighted by Crippen LogP contribution is 2.41. The number of nitrogens with zero attached hydrogens (tertiary/aromatic N) is 5. The van der Waals surface area contributed by atoms with Crippen molar-refractivity contribution in [3.63, 3.8) is 0 Å². The first-order valence-electron chi connectivity index (χ1n) is 8.54. The molecule has 2 aliphatic rings. The van der Waals surface area contributed by atoms with E-state index in [0.29, 0.717) is 24.0 Å². The lowest BCUT2D eigenvalue weighted by Gasteiger charge is -2.34. The van der Waals surface area contributed by atoms with Gasteiger partial charge in [0.05, 0.1) is 22.9 Å². The van der Waals surface area contributed by atoms with E-state index in [1.807, 2.05) is 23.1 Å². The van der Waals surface area contributed by atoms with Gasteiger partial charge in [-0.15, -0.1) is 0 Å². The molecular formula is C17H21N5O2S. The number of hydrogen-bond donors (Lipinski definition) is 1. The van der Waals surface area contributed by atoms with Crippen LogP contribution < -0.4 is 0 Å². The zero-order chi connectivity index (χ0) is 17.2. The fourth-order valence-corrected chi connectivity index (χ4v) is 4.71. The minimum absolute atomic E-state index is 0.0401. The van der Waals surface area contributed by atoms with E-state index < -0.39 is 6.10 Å². The second-order valence-corrected chi connectivity index (χ2v) is 7.75. The monoisotopic (exact) mass is 359 g/mol. The molecule has 4 atom stereocenters. The lowest BCUT2D eigenvalue weighted by Crippen LogP contribution is -2.36. The first-order chi connectivity index (χ1) is 12.2. The third kappa shape index (κ3) is 3.55. The van der Waals surface area contributed by atoms with Gasteiger partial charge in [0.1, 0.15) is 12.7 Å². The van der Waals surface area contributed by atoms with E-state index in [-0.39, 0.29) is 11.9 Å². The van der Waals surface area contributed by atoms with Gasteiger partial charge in [0.15, 0.2) is 0 Å². The van der Waals surface area contributed by atoms with Crippen molar-refractivity contribution in [2.45, 2.75) is 30.0 Å². The van der Waals surface area contributed by atoms with Crippen LogP contribution >= 0.6 is 11.8 Å². The number of likely N-dealkylation sites (tertiary alicyclic amines) is 1. The normalized spacial score (nSPS) is 28.8. The molecular weight excluding hydrogens is 338 g/mol. The molecule has 2 aromatic heterocycles. The number of aliphatic hydroxyl groups excluding tert-OH is 1. The third-order valence-electron chi connectivity index (χ3n) is 5.22. The Bertz CT molecular complexity index is 711. The summed E-state index contributed by atoms with van der Waals surface area (Å²) in [6, 6.07) is 5.67. The molecule has 1 saturated carbocycles. The number of aromatic nitrogens is 4. The predicted molar refractivity (Wildman–Crippen MR) is 92.8 cm³/mol. The number of thioether (sulfide) groups is 1. The first kappa shape index (κ1) is 16.5. The number of carbonyl (C=O) groups is 1. The van der Waals surface area contributed by atoms with Gasteiger partial charge in [-0.05, 0) is 36.8 Å². The lowest BCUT2D eigenvalue weighted by atomic mass is 9.77. The Kier molecular flexibility index (Phi) is 4.72. The van der Waals surface area contributed by atoms with Crippen LogP contribution in [0.4, 0.5) is 0 Å². The molecule has 25 heavy (non-hydrogen) atoms. The molecule has 1 N–H and O–H groups in total. The Morgan fingerprint density at radius 1 is 1.28 bits per heavy atom.